The van der Waals surface area contributed by atoms with Gasteiger partial charge >= 0.3 is 0 Å². The van der Waals surface area contributed by atoms with Crippen LogP contribution in [0.1, 0.15) is 16.1 Å². The largest absolute Gasteiger partial charge is 0.350 e. The predicted molar refractivity (Wildman–Crippen MR) is 82.6 cm³/mol. The Morgan fingerprint density at radius 1 is 1.23 bits per heavy atom. The van der Waals surface area contributed by atoms with Gasteiger partial charge < -0.3 is 5.32 Å². The Hall–Kier alpha value is -2.40. The molecule has 2 heterocycles. The number of rotatable bonds is 4. The van der Waals surface area contributed by atoms with Crippen LogP contribution in [0.2, 0.25) is 5.02 Å². The highest BCUT2D eigenvalue weighted by atomic mass is 35.5. The van der Waals surface area contributed by atoms with Crippen molar-refractivity contribution < 1.29 is 9.18 Å². The van der Waals surface area contributed by atoms with Crippen LogP contribution < -0.4 is 5.32 Å². The summed E-state index contributed by atoms with van der Waals surface area (Å²) in [6, 6.07) is 12.5. The standard InChI is InChI=1S/C16H13ClFN3O/c17-12-6-2-1-5-11(12)8-9-19-16(22)14-15(18)21-10-4-3-7-13(21)20-14/h1-7,10H,8-9H2,(H,19,22). The lowest BCUT2D eigenvalue weighted by Gasteiger charge is -2.05. The molecule has 0 unspecified atom stereocenters. The molecule has 0 spiro atoms. The van der Waals surface area contributed by atoms with E-state index in [1.807, 2.05) is 18.2 Å². The monoisotopic (exact) mass is 317 g/mol. The van der Waals surface area contributed by atoms with E-state index in [-0.39, 0.29) is 5.69 Å². The zero-order chi connectivity index (χ0) is 15.5. The number of carbonyl (C=O) groups is 1. The first-order chi connectivity index (χ1) is 10.7. The Morgan fingerprint density at radius 2 is 2.00 bits per heavy atom. The molecule has 0 atom stereocenters. The molecule has 6 heteroatoms. The molecule has 112 valence electrons. The van der Waals surface area contributed by atoms with Crippen LogP contribution in [0.5, 0.6) is 0 Å². The highest BCUT2D eigenvalue weighted by Gasteiger charge is 2.18. The number of fused-ring (bicyclic) bond motifs is 1. The first-order valence-corrected chi connectivity index (χ1v) is 7.19. The summed E-state index contributed by atoms with van der Waals surface area (Å²) in [6.45, 7) is 0.357. The Morgan fingerprint density at radius 3 is 2.77 bits per heavy atom. The first-order valence-electron chi connectivity index (χ1n) is 6.81. The molecular weight excluding hydrogens is 305 g/mol. The third-order valence-corrected chi connectivity index (χ3v) is 3.69. The number of aromatic nitrogens is 2. The number of benzene rings is 1. The van der Waals surface area contributed by atoms with Crippen LogP contribution in [-0.4, -0.2) is 21.8 Å². The highest BCUT2D eigenvalue weighted by Crippen LogP contribution is 2.15. The van der Waals surface area contributed by atoms with Crippen molar-refractivity contribution in [1.29, 1.82) is 0 Å². The highest BCUT2D eigenvalue weighted by molar-refractivity contribution is 6.31. The lowest BCUT2D eigenvalue weighted by Crippen LogP contribution is -2.27. The second-order valence-corrected chi connectivity index (χ2v) is 5.18. The van der Waals surface area contributed by atoms with E-state index in [4.69, 9.17) is 11.6 Å². The van der Waals surface area contributed by atoms with Gasteiger partial charge in [-0.3, -0.25) is 9.20 Å². The van der Waals surface area contributed by atoms with E-state index in [1.165, 1.54) is 10.6 Å². The molecule has 1 aromatic carbocycles. The van der Waals surface area contributed by atoms with Crippen LogP contribution in [0.3, 0.4) is 0 Å². The minimum atomic E-state index is -0.661. The van der Waals surface area contributed by atoms with Gasteiger partial charge in [0.1, 0.15) is 5.65 Å². The minimum Gasteiger partial charge on any atom is -0.350 e. The van der Waals surface area contributed by atoms with E-state index in [0.717, 1.165) is 5.56 Å². The van der Waals surface area contributed by atoms with Gasteiger partial charge in [-0.15, -0.1) is 0 Å². The van der Waals surface area contributed by atoms with Crippen molar-refractivity contribution in [3.05, 3.63) is 70.9 Å². The number of pyridine rings is 1. The second-order valence-electron chi connectivity index (χ2n) is 4.78. The lowest BCUT2D eigenvalue weighted by atomic mass is 10.1. The Labute approximate surface area is 131 Å². The number of hydrogen-bond acceptors (Lipinski definition) is 2. The molecule has 1 amide bonds. The Bertz CT molecular complexity index is 831. The van der Waals surface area contributed by atoms with Gasteiger partial charge in [-0.05, 0) is 30.2 Å². The van der Waals surface area contributed by atoms with Crippen LogP contribution in [-0.2, 0) is 6.42 Å². The van der Waals surface area contributed by atoms with Crippen LogP contribution in [0, 0.1) is 5.95 Å². The van der Waals surface area contributed by atoms with Gasteiger partial charge in [-0.1, -0.05) is 35.9 Å². The van der Waals surface area contributed by atoms with E-state index >= 15 is 0 Å². The maximum Gasteiger partial charge on any atom is 0.274 e. The molecule has 0 bridgehead atoms. The number of imidazole rings is 1. The van der Waals surface area contributed by atoms with Gasteiger partial charge in [-0.25, -0.2) is 4.98 Å². The molecule has 3 rings (SSSR count). The van der Waals surface area contributed by atoms with Crippen molar-refractivity contribution in [3.8, 4) is 0 Å². The van der Waals surface area contributed by atoms with Crippen LogP contribution in [0.25, 0.3) is 5.65 Å². The van der Waals surface area contributed by atoms with E-state index in [2.05, 4.69) is 10.3 Å². The van der Waals surface area contributed by atoms with Gasteiger partial charge in [-0.2, -0.15) is 4.39 Å². The predicted octanol–water partition coefficient (Wildman–Crippen LogP) is 3.10. The molecule has 2 aromatic heterocycles. The molecule has 0 radical (unpaired) electrons. The summed E-state index contributed by atoms with van der Waals surface area (Å²) in [5.74, 6) is -1.20. The lowest BCUT2D eigenvalue weighted by molar-refractivity contribution is 0.0945. The summed E-state index contributed by atoms with van der Waals surface area (Å²) < 4.78 is 15.4. The van der Waals surface area contributed by atoms with Crippen molar-refractivity contribution in [1.82, 2.24) is 14.7 Å². The number of nitrogens with zero attached hydrogens (tertiary/aromatic N) is 2. The zero-order valence-corrected chi connectivity index (χ0v) is 12.3. The second kappa shape index (κ2) is 6.15. The third-order valence-electron chi connectivity index (χ3n) is 3.32. The summed E-state index contributed by atoms with van der Waals surface area (Å²) in [4.78, 5) is 16.1. The molecular formula is C16H13ClFN3O. The fraction of sp³-hybridized carbons (Fsp3) is 0.125. The van der Waals surface area contributed by atoms with E-state index in [9.17, 15) is 9.18 Å². The van der Waals surface area contributed by atoms with Gasteiger partial charge in [0.2, 0.25) is 5.95 Å². The average Bonchev–Trinajstić information content (AvgIpc) is 2.87. The van der Waals surface area contributed by atoms with E-state index in [1.54, 1.807) is 24.3 Å². The normalized spacial score (nSPS) is 10.8. The third kappa shape index (κ3) is 2.80. The molecule has 1 N–H and O–H groups in total. The zero-order valence-electron chi connectivity index (χ0n) is 11.6. The summed E-state index contributed by atoms with van der Waals surface area (Å²) in [6.07, 6.45) is 2.10. The SMILES string of the molecule is O=C(NCCc1ccccc1Cl)c1nc2ccccn2c1F. The quantitative estimate of drug-likeness (QED) is 0.803. The Balaban J connectivity index is 1.69. The van der Waals surface area contributed by atoms with E-state index in [0.29, 0.717) is 23.6 Å². The van der Waals surface area contributed by atoms with Crippen LogP contribution >= 0.6 is 11.6 Å². The summed E-state index contributed by atoms with van der Waals surface area (Å²) in [7, 11) is 0. The molecule has 0 aliphatic heterocycles. The van der Waals surface area contributed by atoms with Crippen molar-refractivity contribution >= 4 is 23.2 Å². The number of nitrogens with one attached hydrogen (secondary N) is 1. The molecule has 22 heavy (non-hydrogen) atoms. The minimum absolute atomic E-state index is 0.203. The summed E-state index contributed by atoms with van der Waals surface area (Å²) in [5.41, 5.74) is 1.13. The number of hydrogen-bond donors (Lipinski definition) is 1. The van der Waals surface area contributed by atoms with E-state index < -0.39 is 11.9 Å². The molecule has 3 aromatic rings. The van der Waals surface area contributed by atoms with Crippen LogP contribution in [0.4, 0.5) is 4.39 Å². The Kier molecular flexibility index (Phi) is 4.06. The maximum absolute atomic E-state index is 14.1. The molecule has 4 nitrogen and oxygen atoms in total. The summed E-state index contributed by atoms with van der Waals surface area (Å²) >= 11 is 6.05. The van der Waals surface area contributed by atoms with Crippen molar-refractivity contribution in [2.24, 2.45) is 0 Å². The van der Waals surface area contributed by atoms with Gasteiger partial charge in [0, 0.05) is 17.8 Å². The smallest absolute Gasteiger partial charge is 0.274 e. The van der Waals surface area contributed by atoms with Crippen molar-refractivity contribution in [3.63, 3.8) is 0 Å². The van der Waals surface area contributed by atoms with Crippen LogP contribution in [0.15, 0.2) is 48.7 Å². The number of amides is 1. The topological polar surface area (TPSA) is 46.4 Å². The molecule has 0 fully saturated rings. The number of carbonyl (C=O) groups excluding carboxylic acids is 1. The molecule has 0 aliphatic carbocycles. The van der Waals surface area contributed by atoms with Crippen molar-refractivity contribution in [2.75, 3.05) is 6.54 Å². The molecule has 0 aliphatic rings. The fourth-order valence-electron chi connectivity index (χ4n) is 2.21. The molecule has 0 saturated carbocycles. The van der Waals surface area contributed by atoms with Gasteiger partial charge in [0.25, 0.3) is 5.91 Å². The summed E-state index contributed by atoms with van der Waals surface area (Å²) in [5, 5.41) is 3.31. The van der Waals surface area contributed by atoms with Gasteiger partial charge in [0.15, 0.2) is 5.69 Å². The molecule has 0 saturated heterocycles. The first kappa shape index (κ1) is 14.5. The van der Waals surface area contributed by atoms with Crippen molar-refractivity contribution in [2.45, 2.75) is 6.42 Å². The maximum atomic E-state index is 14.1. The average molecular weight is 318 g/mol. The van der Waals surface area contributed by atoms with Gasteiger partial charge in [0.05, 0.1) is 0 Å². The number of halogens is 2. The fourth-order valence-corrected chi connectivity index (χ4v) is 2.44.